The summed E-state index contributed by atoms with van der Waals surface area (Å²) in [6.07, 6.45) is 1.91. The number of hydrogen-bond donors (Lipinski definition) is 1. The van der Waals surface area contributed by atoms with Crippen LogP contribution in [0.2, 0.25) is 0 Å². The Labute approximate surface area is 144 Å². The molecule has 1 saturated heterocycles. The highest BCUT2D eigenvalue weighted by molar-refractivity contribution is 5.98. The molecule has 0 aliphatic carbocycles. The molecule has 1 atom stereocenters. The molecule has 0 unspecified atom stereocenters. The summed E-state index contributed by atoms with van der Waals surface area (Å²) in [5.74, 6) is -0.137. The number of carbonyl (C=O) groups is 2. The van der Waals surface area contributed by atoms with E-state index in [1.165, 1.54) is 0 Å². The van der Waals surface area contributed by atoms with Gasteiger partial charge in [0.15, 0.2) is 0 Å². The maximum atomic E-state index is 12.8. The van der Waals surface area contributed by atoms with E-state index in [4.69, 9.17) is 4.74 Å². The molecule has 0 saturated carbocycles. The van der Waals surface area contributed by atoms with Gasteiger partial charge in [0.05, 0.1) is 0 Å². The Morgan fingerprint density at radius 3 is 2.67 bits per heavy atom. The van der Waals surface area contributed by atoms with Gasteiger partial charge in [-0.05, 0) is 58.1 Å². The number of likely N-dealkylation sites (tertiary alicyclic amines) is 1. The monoisotopic (exact) mass is 332 g/mol. The summed E-state index contributed by atoms with van der Waals surface area (Å²) in [7, 11) is 0. The Morgan fingerprint density at radius 2 is 2.04 bits per heavy atom. The summed E-state index contributed by atoms with van der Waals surface area (Å²) >= 11 is 0. The van der Waals surface area contributed by atoms with Crippen LogP contribution in [0.25, 0.3) is 0 Å². The van der Waals surface area contributed by atoms with Gasteiger partial charge in [-0.1, -0.05) is 25.1 Å². The second-order valence-corrected chi connectivity index (χ2v) is 7.28. The lowest BCUT2D eigenvalue weighted by atomic mass is 10.1. The van der Waals surface area contributed by atoms with Crippen LogP contribution >= 0.6 is 0 Å². The normalized spacial score (nSPS) is 17.7. The quantitative estimate of drug-likeness (QED) is 0.913. The van der Waals surface area contributed by atoms with Crippen molar-refractivity contribution in [1.29, 1.82) is 0 Å². The molecule has 1 aliphatic rings. The molecular formula is C19H28N2O3. The topological polar surface area (TPSA) is 58.6 Å². The molecule has 0 bridgehead atoms. The predicted octanol–water partition coefficient (Wildman–Crippen LogP) is 3.90. The van der Waals surface area contributed by atoms with Gasteiger partial charge in [-0.3, -0.25) is 9.69 Å². The smallest absolute Gasteiger partial charge is 0.410 e. The van der Waals surface area contributed by atoms with E-state index in [9.17, 15) is 9.59 Å². The van der Waals surface area contributed by atoms with Crippen molar-refractivity contribution in [3.63, 3.8) is 0 Å². The van der Waals surface area contributed by atoms with E-state index in [-0.39, 0.29) is 5.91 Å². The largest absolute Gasteiger partial charge is 0.444 e. The van der Waals surface area contributed by atoms with Crippen molar-refractivity contribution in [1.82, 2.24) is 4.90 Å². The molecule has 0 aromatic heterocycles. The van der Waals surface area contributed by atoms with Gasteiger partial charge in [0.25, 0.3) is 0 Å². The fraction of sp³-hybridized carbons (Fsp3) is 0.579. The van der Waals surface area contributed by atoms with Crippen LogP contribution in [-0.4, -0.2) is 35.1 Å². The van der Waals surface area contributed by atoms with Crippen LogP contribution < -0.4 is 5.32 Å². The number of rotatable bonds is 3. The molecule has 5 nitrogen and oxygen atoms in total. The van der Waals surface area contributed by atoms with Gasteiger partial charge in [-0.2, -0.15) is 0 Å². The number of aryl methyl sites for hydroxylation is 2. The zero-order chi connectivity index (χ0) is 17.9. The van der Waals surface area contributed by atoms with E-state index < -0.39 is 17.7 Å². The molecule has 1 aromatic rings. The van der Waals surface area contributed by atoms with E-state index >= 15 is 0 Å². The molecule has 1 fully saturated rings. The molecular weight excluding hydrogens is 304 g/mol. The number of carbonyl (C=O) groups excluding carboxylic acids is 2. The van der Waals surface area contributed by atoms with Gasteiger partial charge >= 0.3 is 6.09 Å². The summed E-state index contributed by atoms with van der Waals surface area (Å²) < 4.78 is 5.43. The molecule has 2 amide bonds. The van der Waals surface area contributed by atoms with Crippen LogP contribution in [0.5, 0.6) is 0 Å². The lowest BCUT2D eigenvalue weighted by Crippen LogP contribution is -2.45. The summed E-state index contributed by atoms with van der Waals surface area (Å²) in [6.45, 7) is 10.1. The van der Waals surface area contributed by atoms with Crippen molar-refractivity contribution in [3.8, 4) is 0 Å². The summed E-state index contributed by atoms with van der Waals surface area (Å²) in [4.78, 5) is 26.6. The Balaban J connectivity index is 2.13. The number of amides is 2. The average molecular weight is 332 g/mol. The first-order valence-corrected chi connectivity index (χ1v) is 8.62. The second-order valence-electron chi connectivity index (χ2n) is 7.28. The summed E-state index contributed by atoms with van der Waals surface area (Å²) in [5.41, 5.74) is 2.43. The van der Waals surface area contributed by atoms with Gasteiger partial charge in [0.1, 0.15) is 11.6 Å². The van der Waals surface area contributed by atoms with Crippen LogP contribution in [0.3, 0.4) is 0 Å². The van der Waals surface area contributed by atoms with Gasteiger partial charge in [0.2, 0.25) is 5.91 Å². The predicted molar refractivity (Wildman–Crippen MR) is 95.1 cm³/mol. The third-order valence-corrected chi connectivity index (χ3v) is 4.17. The highest BCUT2D eigenvalue weighted by Gasteiger charge is 2.36. The van der Waals surface area contributed by atoms with Crippen LogP contribution in [0.15, 0.2) is 18.2 Å². The molecule has 1 aliphatic heterocycles. The van der Waals surface area contributed by atoms with Crippen molar-refractivity contribution in [2.24, 2.45) is 0 Å². The molecule has 5 heteroatoms. The Hall–Kier alpha value is -2.04. The third kappa shape index (κ3) is 4.28. The Bertz CT molecular complexity index is 620. The van der Waals surface area contributed by atoms with Gasteiger partial charge in [-0.15, -0.1) is 0 Å². The molecule has 132 valence electrons. The van der Waals surface area contributed by atoms with E-state index in [0.717, 1.165) is 29.7 Å². The highest BCUT2D eigenvalue weighted by atomic mass is 16.6. The number of para-hydroxylation sites is 1. The first-order chi connectivity index (χ1) is 11.2. The molecule has 2 rings (SSSR count). The second kappa shape index (κ2) is 7.24. The number of anilines is 1. The van der Waals surface area contributed by atoms with E-state index in [0.29, 0.717) is 13.0 Å². The zero-order valence-corrected chi connectivity index (χ0v) is 15.3. The van der Waals surface area contributed by atoms with Crippen LogP contribution in [0.4, 0.5) is 10.5 Å². The minimum absolute atomic E-state index is 0.137. The number of nitrogens with one attached hydrogen (secondary N) is 1. The molecule has 1 heterocycles. The Morgan fingerprint density at radius 1 is 1.33 bits per heavy atom. The van der Waals surface area contributed by atoms with Gasteiger partial charge in [-0.25, -0.2) is 4.79 Å². The maximum Gasteiger partial charge on any atom is 0.410 e. The third-order valence-electron chi connectivity index (χ3n) is 4.17. The molecule has 24 heavy (non-hydrogen) atoms. The fourth-order valence-corrected chi connectivity index (χ4v) is 2.99. The van der Waals surface area contributed by atoms with Crippen LogP contribution in [0, 0.1) is 6.92 Å². The molecule has 1 aromatic carbocycles. The Kier molecular flexibility index (Phi) is 5.52. The SMILES string of the molecule is CCc1cccc(C)c1NC(=O)[C@H]1CCCN1C(=O)OC(C)(C)C. The van der Waals surface area contributed by atoms with Crippen molar-refractivity contribution in [3.05, 3.63) is 29.3 Å². The van der Waals surface area contributed by atoms with Crippen LogP contribution in [0.1, 0.15) is 51.7 Å². The minimum Gasteiger partial charge on any atom is -0.444 e. The number of ether oxygens (including phenoxy) is 1. The standard InChI is InChI=1S/C19H28N2O3/c1-6-14-10-7-9-13(2)16(14)20-17(22)15-11-8-12-21(15)18(23)24-19(3,4)5/h7,9-10,15H,6,8,11-12H2,1-5H3,(H,20,22)/t15-/m1/s1. The van der Waals surface area contributed by atoms with Gasteiger partial charge in [0, 0.05) is 12.2 Å². The van der Waals surface area contributed by atoms with Gasteiger partial charge < -0.3 is 10.1 Å². The zero-order valence-electron chi connectivity index (χ0n) is 15.3. The average Bonchev–Trinajstić information content (AvgIpc) is 2.97. The van der Waals surface area contributed by atoms with E-state index in [1.54, 1.807) is 4.90 Å². The lowest BCUT2D eigenvalue weighted by molar-refractivity contribution is -0.120. The number of nitrogens with zero attached hydrogens (tertiary/aromatic N) is 1. The number of benzene rings is 1. The fourth-order valence-electron chi connectivity index (χ4n) is 2.99. The lowest BCUT2D eigenvalue weighted by Gasteiger charge is -2.28. The van der Waals surface area contributed by atoms with Crippen molar-refractivity contribution in [2.75, 3.05) is 11.9 Å². The number of hydrogen-bond acceptors (Lipinski definition) is 3. The van der Waals surface area contributed by atoms with Crippen molar-refractivity contribution >= 4 is 17.7 Å². The highest BCUT2D eigenvalue weighted by Crippen LogP contribution is 2.25. The molecule has 0 spiro atoms. The summed E-state index contributed by atoms with van der Waals surface area (Å²) in [6, 6.07) is 5.52. The molecule has 0 radical (unpaired) electrons. The van der Waals surface area contributed by atoms with Crippen molar-refractivity contribution < 1.29 is 14.3 Å². The van der Waals surface area contributed by atoms with E-state index in [1.807, 2.05) is 45.9 Å². The first-order valence-electron chi connectivity index (χ1n) is 8.62. The van der Waals surface area contributed by atoms with E-state index in [2.05, 4.69) is 12.2 Å². The molecule has 1 N–H and O–H groups in total. The summed E-state index contributed by atoms with van der Waals surface area (Å²) in [5, 5.41) is 3.03. The maximum absolute atomic E-state index is 12.8. The first kappa shape index (κ1) is 18.3. The van der Waals surface area contributed by atoms with Crippen LogP contribution in [-0.2, 0) is 16.0 Å². The minimum atomic E-state index is -0.563. The van der Waals surface area contributed by atoms with Crippen molar-refractivity contribution in [2.45, 2.75) is 65.5 Å².